The Kier molecular flexibility index (Phi) is 6.46. The van der Waals surface area contributed by atoms with Crippen molar-refractivity contribution in [1.29, 1.82) is 0 Å². The van der Waals surface area contributed by atoms with Gasteiger partial charge in [-0.25, -0.2) is 4.79 Å². The van der Waals surface area contributed by atoms with Gasteiger partial charge in [0.05, 0.1) is 4.90 Å². The molecule has 148 valence electrons. The van der Waals surface area contributed by atoms with Crippen molar-refractivity contribution in [2.24, 2.45) is 5.10 Å². The van der Waals surface area contributed by atoms with E-state index >= 15 is 0 Å². The first-order chi connectivity index (χ1) is 13.5. The number of hydrogen-bond donors (Lipinski definition) is 1. The van der Waals surface area contributed by atoms with Crippen LogP contribution in [0.25, 0.3) is 0 Å². The van der Waals surface area contributed by atoms with Crippen molar-refractivity contribution < 1.29 is 17.9 Å². The third-order valence-corrected chi connectivity index (χ3v) is 5.90. The van der Waals surface area contributed by atoms with Gasteiger partial charge in [-0.05, 0) is 44.7 Å². The summed E-state index contributed by atoms with van der Waals surface area (Å²) in [5.74, 6) is -0.621. The van der Waals surface area contributed by atoms with Crippen LogP contribution >= 0.6 is 0 Å². The fourth-order valence-corrected chi connectivity index (χ4v) is 3.90. The SMILES string of the molecule is Cc1ccc(S(=O)(=O)N/N=C(\C(=O)OC2CCCCC2)c2ccccc2)cc1. The molecule has 2 aromatic carbocycles. The highest BCUT2D eigenvalue weighted by Gasteiger charge is 2.23. The summed E-state index contributed by atoms with van der Waals surface area (Å²) in [5, 5.41) is 3.93. The summed E-state index contributed by atoms with van der Waals surface area (Å²) < 4.78 is 30.6. The molecule has 28 heavy (non-hydrogen) atoms. The lowest BCUT2D eigenvalue weighted by Gasteiger charge is -2.22. The highest BCUT2D eigenvalue weighted by atomic mass is 32.2. The van der Waals surface area contributed by atoms with Gasteiger partial charge in [0.25, 0.3) is 10.0 Å². The van der Waals surface area contributed by atoms with Crippen molar-refractivity contribution in [2.45, 2.75) is 50.0 Å². The molecule has 0 atom stereocenters. The highest BCUT2D eigenvalue weighted by molar-refractivity contribution is 7.89. The second-order valence-electron chi connectivity index (χ2n) is 6.90. The Balaban J connectivity index is 1.83. The predicted molar refractivity (Wildman–Crippen MR) is 107 cm³/mol. The first-order valence-electron chi connectivity index (χ1n) is 9.38. The van der Waals surface area contributed by atoms with E-state index in [1.165, 1.54) is 12.1 Å². The summed E-state index contributed by atoms with van der Waals surface area (Å²) in [6.07, 6.45) is 4.69. The smallest absolute Gasteiger partial charge is 0.359 e. The van der Waals surface area contributed by atoms with E-state index in [1.54, 1.807) is 36.4 Å². The molecule has 6 nitrogen and oxygen atoms in total. The number of esters is 1. The van der Waals surface area contributed by atoms with Crippen LogP contribution in [0.15, 0.2) is 64.6 Å². The van der Waals surface area contributed by atoms with Gasteiger partial charge in [0.1, 0.15) is 6.10 Å². The zero-order valence-corrected chi connectivity index (χ0v) is 16.6. The van der Waals surface area contributed by atoms with Gasteiger partial charge >= 0.3 is 5.97 Å². The first-order valence-corrected chi connectivity index (χ1v) is 10.9. The van der Waals surface area contributed by atoms with Gasteiger partial charge in [0.2, 0.25) is 0 Å². The van der Waals surface area contributed by atoms with E-state index in [2.05, 4.69) is 9.93 Å². The molecule has 1 saturated carbocycles. The molecule has 0 heterocycles. The summed E-state index contributed by atoms with van der Waals surface area (Å²) in [7, 11) is -3.89. The summed E-state index contributed by atoms with van der Waals surface area (Å²) in [6, 6.07) is 15.1. The Morgan fingerprint density at radius 1 is 1.00 bits per heavy atom. The van der Waals surface area contributed by atoms with Crippen LogP contribution in [-0.2, 0) is 19.6 Å². The number of benzene rings is 2. The van der Waals surface area contributed by atoms with Crippen LogP contribution in [0.3, 0.4) is 0 Å². The molecule has 1 aliphatic rings. The largest absolute Gasteiger partial charge is 0.458 e. The maximum atomic E-state index is 12.7. The van der Waals surface area contributed by atoms with Gasteiger partial charge in [0, 0.05) is 5.56 Å². The van der Waals surface area contributed by atoms with E-state index in [0.717, 1.165) is 37.7 Å². The maximum Gasteiger partial charge on any atom is 0.359 e. The molecule has 3 rings (SSSR count). The van der Waals surface area contributed by atoms with Crippen LogP contribution in [0.2, 0.25) is 0 Å². The number of aryl methyl sites for hydroxylation is 1. The van der Waals surface area contributed by atoms with Crippen molar-refractivity contribution in [3.05, 3.63) is 65.7 Å². The number of sulfonamides is 1. The average molecular weight is 401 g/mol. The molecule has 7 heteroatoms. The average Bonchev–Trinajstić information content (AvgIpc) is 2.70. The predicted octanol–water partition coefficient (Wildman–Crippen LogP) is 3.55. The number of hydrazone groups is 1. The Morgan fingerprint density at radius 2 is 1.64 bits per heavy atom. The molecule has 0 bridgehead atoms. The molecule has 1 aliphatic carbocycles. The van der Waals surface area contributed by atoms with E-state index in [9.17, 15) is 13.2 Å². The summed E-state index contributed by atoms with van der Waals surface area (Å²) in [6.45, 7) is 1.87. The van der Waals surface area contributed by atoms with Crippen LogP contribution in [0.4, 0.5) is 0 Å². The lowest BCUT2D eigenvalue weighted by molar-refractivity contribution is -0.142. The van der Waals surface area contributed by atoms with Crippen molar-refractivity contribution in [1.82, 2.24) is 4.83 Å². The van der Waals surface area contributed by atoms with Crippen molar-refractivity contribution in [3.63, 3.8) is 0 Å². The van der Waals surface area contributed by atoms with E-state index in [1.807, 2.05) is 13.0 Å². The fourth-order valence-electron chi connectivity index (χ4n) is 3.09. The van der Waals surface area contributed by atoms with Crippen molar-refractivity contribution in [2.75, 3.05) is 0 Å². The van der Waals surface area contributed by atoms with Crippen LogP contribution in [-0.4, -0.2) is 26.2 Å². The van der Waals surface area contributed by atoms with Crippen LogP contribution < -0.4 is 4.83 Å². The summed E-state index contributed by atoms with van der Waals surface area (Å²) in [4.78, 5) is 15.0. The van der Waals surface area contributed by atoms with Gasteiger partial charge in [-0.3, -0.25) is 0 Å². The lowest BCUT2D eigenvalue weighted by Crippen LogP contribution is -2.29. The van der Waals surface area contributed by atoms with E-state index in [4.69, 9.17) is 4.74 Å². The van der Waals surface area contributed by atoms with E-state index in [-0.39, 0.29) is 16.7 Å². The minimum absolute atomic E-state index is 0.0538. The van der Waals surface area contributed by atoms with Gasteiger partial charge in [-0.15, -0.1) is 0 Å². The van der Waals surface area contributed by atoms with Crippen LogP contribution in [0.1, 0.15) is 43.2 Å². The van der Waals surface area contributed by atoms with Crippen molar-refractivity contribution >= 4 is 21.7 Å². The number of rotatable bonds is 6. The second kappa shape index (κ2) is 9.01. The Hall–Kier alpha value is -2.67. The fraction of sp³-hybridized carbons (Fsp3) is 0.333. The van der Waals surface area contributed by atoms with Crippen molar-refractivity contribution in [3.8, 4) is 0 Å². The van der Waals surface area contributed by atoms with E-state index < -0.39 is 16.0 Å². The van der Waals surface area contributed by atoms with Crippen LogP contribution in [0.5, 0.6) is 0 Å². The Morgan fingerprint density at radius 3 is 2.29 bits per heavy atom. The number of carbonyl (C=O) groups excluding carboxylic acids is 1. The number of ether oxygens (including phenoxy) is 1. The first kappa shape index (κ1) is 20.1. The normalized spacial score (nSPS) is 15.8. The molecule has 0 amide bonds. The number of nitrogens with one attached hydrogen (secondary N) is 1. The molecule has 0 spiro atoms. The molecule has 0 saturated heterocycles. The standard InChI is InChI=1S/C21H24N2O4S/c1-16-12-14-19(15-13-16)28(25,26)23-22-20(17-8-4-2-5-9-17)21(24)27-18-10-6-3-7-11-18/h2,4-5,8-9,12-15,18,23H,3,6-7,10-11H2,1H3/b22-20-. The number of carbonyl (C=O) groups is 1. The molecule has 2 aromatic rings. The third-order valence-electron chi connectivity index (χ3n) is 4.68. The molecule has 0 radical (unpaired) electrons. The summed E-state index contributed by atoms with van der Waals surface area (Å²) >= 11 is 0. The van der Waals surface area contributed by atoms with Gasteiger partial charge < -0.3 is 4.74 Å². The van der Waals surface area contributed by atoms with Crippen LogP contribution in [0, 0.1) is 6.92 Å². The minimum atomic E-state index is -3.89. The maximum absolute atomic E-state index is 12.7. The number of nitrogens with zero attached hydrogens (tertiary/aromatic N) is 1. The molecule has 1 N–H and O–H groups in total. The second-order valence-corrected chi connectivity index (χ2v) is 8.56. The molecule has 0 aromatic heterocycles. The minimum Gasteiger partial charge on any atom is -0.458 e. The van der Waals surface area contributed by atoms with E-state index in [0.29, 0.717) is 5.56 Å². The van der Waals surface area contributed by atoms with Gasteiger partial charge in [-0.2, -0.15) is 18.4 Å². The zero-order chi connectivity index (χ0) is 20.0. The Labute approximate surface area is 165 Å². The molecule has 1 fully saturated rings. The quantitative estimate of drug-likeness (QED) is 0.456. The molecular weight excluding hydrogens is 376 g/mol. The van der Waals surface area contributed by atoms with Gasteiger partial charge in [-0.1, -0.05) is 54.4 Å². The monoisotopic (exact) mass is 400 g/mol. The molecule has 0 aliphatic heterocycles. The number of hydrogen-bond acceptors (Lipinski definition) is 5. The Bertz CT molecular complexity index is 932. The summed E-state index contributed by atoms with van der Waals surface area (Å²) in [5.41, 5.74) is 1.39. The molecule has 0 unspecified atom stereocenters. The molecular formula is C21H24N2O4S. The van der Waals surface area contributed by atoms with Gasteiger partial charge in [0.15, 0.2) is 5.71 Å². The highest BCUT2D eigenvalue weighted by Crippen LogP contribution is 2.21. The lowest BCUT2D eigenvalue weighted by atomic mass is 9.98. The topological polar surface area (TPSA) is 84.8 Å². The third kappa shape index (κ3) is 5.19. The zero-order valence-electron chi connectivity index (χ0n) is 15.8.